The predicted molar refractivity (Wildman–Crippen MR) is 70.9 cm³/mol. The molecule has 0 radical (unpaired) electrons. The van der Waals surface area contributed by atoms with Gasteiger partial charge in [0.1, 0.15) is 5.82 Å². The largest absolute Gasteiger partial charge is 0.316 e. The van der Waals surface area contributed by atoms with E-state index in [1.807, 2.05) is 6.07 Å². The van der Waals surface area contributed by atoms with Gasteiger partial charge in [-0.3, -0.25) is 4.90 Å². The highest BCUT2D eigenvalue weighted by Gasteiger charge is 2.41. The number of nitrogens with zero attached hydrogens (tertiary/aromatic N) is 1. The Labute approximate surface area is 108 Å². The van der Waals surface area contributed by atoms with Gasteiger partial charge in [0.05, 0.1) is 0 Å². The molecule has 0 bridgehead atoms. The molecule has 3 unspecified atom stereocenters. The Balaban J connectivity index is 1.75. The predicted octanol–water partition coefficient (Wildman–Crippen LogP) is 2.17. The molecule has 98 valence electrons. The van der Waals surface area contributed by atoms with Crippen LogP contribution in [0.25, 0.3) is 0 Å². The lowest BCUT2D eigenvalue weighted by Gasteiger charge is -2.25. The Bertz CT molecular complexity index is 446. The minimum Gasteiger partial charge on any atom is -0.316 e. The molecule has 3 rings (SSSR count). The van der Waals surface area contributed by atoms with E-state index >= 15 is 0 Å². The fraction of sp³-hybridized carbons (Fsp3) is 0.600. The number of hydrogen-bond donors (Lipinski definition) is 1. The van der Waals surface area contributed by atoms with Crippen LogP contribution in [-0.4, -0.2) is 30.6 Å². The molecule has 1 N–H and O–H groups in total. The summed E-state index contributed by atoms with van der Waals surface area (Å²) in [4.78, 5) is 2.51. The van der Waals surface area contributed by atoms with Gasteiger partial charge in [-0.05, 0) is 62.0 Å². The van der Waals surface area contributed by atoms with Crippen LogP contribution < -0.4 is 5.32 Å². The minimum atomic E-state index is -0.121. The first kappa shape index (κ1) is 12.1. The van der Waals surface area contributed by atoms with Crippen LogP contribution in [0.3, 0.4) is 0 Å². The van der Waals surface area contributed by atoms with Gasteiger partial charge in [-0.2, -0.15) is 0 Å². The minimum absolute atomic E-state index is 0.121. The zero-order chi connectivity index (χ0) is 12.7. The van der Waals surface area contributed by atoms with Crippen LogP contribution in [0, 0.1) is 24.6 Å². The van der Waals surface area contributed by atoms with Crippen LogP contribution in [0.4, 0.5) is 4.39 Å². The molecule has 2 nitrogen and oxygen atoms in total. The van der Waals surface area contributed by atoms with E-state index < -0.39 is 0 Å². The fourth-order valence-corrected chi connectivity index (χ4v) is 3.49. The third kappa shape index (κ3) is 2.06. The number of likely N-dealkylation sites (tertiary alicyclic amines) is 1. The Morgan fingerprint density at radius 2 is 2.22 bits per heavy atom. The summed E-state index contributed by atoms with van der Waals surface area (Å²) < 4.78 is 13.3. The van der Waals surface area contributed by atoms with Crippen LogP contribution in [0.5, 0.6) is 0 Å². The van der Waals surface area contributed by atoms with E-state index in [1.165, 1.54) is 5.56 Å². The van der Waals surface area contributed by atoms with E-state index in [9.17, 15) is 4.39 Å². The number of rotatable bonds is 2. The molecule has 0 saturated carbocycles. The number of benzene rings is 1. The first-order chi connectivity index (χ1) is 8.65. The SMILES string of the molecule is Cc1ccc(F)cc1CN1CC2CNCC2C1C. The average molecular weight is 248 g/mol. The monoisotopic (exact) mass is 248 g/mol. The van der Waals surface area contributed by atoms with E-state index in [0.29, 0.717) is 6.04 Å². The summed E-state index contributed by atoms with van der Waals surface area (Å²) in [5.74, 6) is 1.44. The summed E-state index contributed by atoms with van der Waals surface area (Å²) >= 11 is 0. The van der Waals surface area contributed by atoms with Crippen molar-refractivity contribution in [2.24, 2.45) is 11.8 Å². The van der Waals surface area contributed by atoms with Gasteiger partial charge in [0.15, 0.2) is 0 Å². The third-order valence-electron chi connectivity index (χ3n) is 4.74. The first-order valence-electron chi connectivity index (χ1n) is 6.85. The topological polar surface area (TPSA) is 15.3 Å². The molecular weight excluding hydrogens is 227 g/mol. The van der Waals surface area contributed by atoms with Crippen LogP contribution in [-0.2, 0) is 6.54 Å². The summed E-state index contributed by atoms with van der Waals surface area (Å²) in [6, 6.07) is 5.72. The normalized spacial score (nSPS) is 31.8. The van der Waals surface area contributed by atoms with E-state index in [2.05, 4.69) is 24.1 Å². The summed E-state index contributed by atoms with van der Waals surface area (Å²) in [6.45, 7) is 8.70. The molecule has 3 atom stereocenters. The molecule has 0 aromatic heterocycles. The maximum Gasteiger partial charge on any atom is 0.123 e. The van der Waals surface area contributed by atoms with Crippen LogP contribution in [0.1, 0.15) is 18.1 Å². The molecule has 0 spiro atoms. The molecular formula is C15H21FN2. The van der Waals surface area contributed by atoms with Crippen molar-refractivity contribution in [3.05, 3.63) is 35.1 Å². The number of fused-ring (bicyclic) bond motifs is 1. The van der Waals surface area contributed by atoms with E-state index in [0.717, 1.165) is 43.6 Å². The summed E-state index contributed by atoms with van der Waals surface area (Å²) in [6.07, 6.45) is 0. The smallest absolute Gasteiger partial charge is 0.123 e. The second kappa shape index (κ2) is 4.63. The molecule has 1 aromatic carbocycles. The van der Waals surface area contributed by atoms with Crippen LogP contribution >= 0.6 is 0 Å². The molecule has 0 aliphatic carbocycles. The van der Waals surface area contributed by atoms with Crippen molar-refractivity contribution in [2.45, 2.75) is 26.4 Å². The van der Waals surface area contributed by atoms with Crippen molar-refractivity contribution in [3.63, 3.8) is 0 Å². The van der Waals surface area contributed by atoms with Crippen molar-refractivity contribution < 1.29 is 4.39 Å². The van der Waals surface area contributed by atoms with Gasteiger partial charge in [0.2, 0.25) is 0 Å². The number of hydrogen-bond acceptors (Lipinski definition) is 2. The highest BCUT2D eigenvalue weighted by Crippen LogP contribution is 2.33. The number of aryl methyl sites for hydroxylation is 1. The molecule has 2 aliphatic heterocycles. The summed E-state index contributed by atoms with van der Waals surface area (Å²) in [7, 11) is 0. The maximum atomic E-state index is 13.3. The van der Waals surface area contributed by atoms with Crippen molar-refractivity contribution in [1.29, 1.82) is 0 Å². The van der Waals surface area contributed by atoms with Gasteiger partial charge in [-0.25, -0.2) is 4.39 Å². The molecule has 18 heavy (non-hydrogen) atoms. The molecule has 2 heterocycles. The zero-order valence-corrected chi connectivity index (χ0v) is 11.1. The standard InChI is InChI=1S/C15H21FN2/c1-10-3-4-14(16)5-12(10)8-18-9-13-6-17-7-15(13)11(18)2/h3-5,11,13,15,17H,6-9H2,1-2H3. The van der Waals surface area contributed by atoms with Gasteiger partial charge < -0.3 is 5.32 Å². The van der Waals surface area contributed by atoms with Crippen LogP contribution in [0.2, 0.25) is 0 Å². The molecule has 2 aliphatic rings. The number of halogens is 1. The second-order valence-corrected chi connectivity index (χ2v) is 5.82. The quantitative estimate of drug-likeness (QED) is 0.863. The Morgan fingerprint density at radius 1 is 1.39 bits per heavy atom. The second-order valence-electron chi connectivity index (χ2n) is 5.82. The van der Waals surface area contributed by atoms with E-state index in [-0.39, 0.29) is 5.82 Å². The zero-order valence-electron chi connectivity index (χ0n) is 11.1. The van der Waals surface area contributed by atoms with Gasteiger partial charge in [-0.1, -0.05) is 6.07 Å². The van der Waals surface area contributed by atoms with Gasteiger partial charge in [0.25, 0.3) is 0 Å². The van der Waals surface area contributed by atoms with Gasteiger partial charge in [0, 0.05) is 19.1 Å². The van der Waals surface area contributed by atoms with Gasteiger partial charge >= 0.3 is 0 Å². The van der Waals surface area contributed by atoms with Crippen LogP contribution in [0.15, 0.2) is 18.2 Å². The first-order valence-corrected chi connectivity index (χ1v) is 6.85. The van der Waals surface area contributed by atoms with Crippen molar-refractivity contribution >= 4 is 0 Å². The fourth-order valence-electron chi connectivity index (χ4n) is 3.49. The van der Waals surface area contributed by atoms with E-state index in [1.54, 1.807) is 12.1 Å². The average Bonchev–Trinajstić information content (AvgIpc) is 2.89. The summed E-state index contributed by atoms with van der Waals surface area (Å²) in [5.41, 5.74) is 2.33. The lowest BCUT2D eigenvalue weighted by Crippen LogP contribution is -2.33. The maximum absolute atomic E-state index is 13.3. The highest BCUT2D eigenvalue weighted by molar-refractivity contribution is 5.26. The molecule has 1 aromatic rings. The van der Waals surface area contributed by atoms with Crippen molar-refractivity contribution in [2.75, 3.05) is 19.6 Å². The van der Waals surface area contributed by atoms with E-state index in [4.69, 9.17) is 0 Å². The summed E-state index contributed by atoms with van der Waals surface area (Å²) in [5, 5.41) is 3.47. The molecule has 3 heteroatoms. The Morgan fingerprint density at radius 3 is 3.00 bits per heavy atom. The molecule has 2 fully saturated rings. The highest BCUT2D eigenvalue weighted by atomic mass is 19.1. The lowest BCUT2D eigenvalue weighted by molar-refractivity contribution is 0.231. The Hall–Kier alpha value is -0.930. The van der Waals surface area contributed by atoms with Crippen molar-refractivity contribution in [1.82, 2.24) is 10.2 Å². The number of nitrogens with one attached hydrogen (secondary N) is 1. The molecule has 0 amide bonds. The van der Waals surface area contributed by atoms with Gasteiger partial charge in [-0.15, -0.1) is 0 Å². The third-order valence-corrected chi connectivity index (χ3v) is 4.74. The van der Waals surface area contributed by atoms with Crippen molar-refractivity contribution in [3.8, 4) is 0 Å². The molecule has 2 saturated heterocycles. The Kier molecular flexibility index (Phi) is 3.12. The lowest BCUT2D eigenvalue weighted by atomic mass is 9.95.